The third kappa shape index (κ3) is 5.65. The Labute approximate surface area is 248 Å². The molecule has 0 radical (unpaired) electrons. The monoisotopic (exact) mass is 586 g/mol. The number of aliphatic hydroxyl groups is 1. The molecule has 224 valence electrons. The number of aromatic hydroxyl groups is 2. The molecule has 5 N–H and O–H groups in total. The third-order valence-electron chi connectivity index (χ3n) is 7.88. The van der Waals surface area contributed by atoms with Crippen LogP contribution in [0.25, 0.3) is 11.0 Å². The third-order valence-corrected chi connectivity index (χ3v) is 7.88. The second kappa shape index (κ2) is 11.4. The topological polar surface area (TPSA) is 165 Å². The van der Waals surface area contributed by atoms with Crippen molar-refractivity contribution in [1.82, 2.24) is 4.98 Å². The molecule has 0 amide bonds. The standard InChI is InChI=1S/C33H34N2O8/c1-5-17(2)32(40)42-25-15-23-29(39)28-24(38)14-21(16-36)41-31(28)27(30(23)43-33(25,3)4)22(19-9-10-35-26(34)13-19)12-18-7-6-8-20(37)11-18/h5-11,13-14,22,25,36-37,39H,12,15-16H2,1-4H3,(H2,34,35). The van der Waals surface area contributed by atoms with E-state index in [4.69, 9.17) is 19.6 Å². The molecular weight excluding hydrogens is 552 g/mol. The molecule has 0 fully saturated rings. The van der Waals surface area contributed by atoms with E-state index in [0.717, 1.165) is 11.6 Å². The number of phenolic OH excluding ortho intramolecular Hbond substituents is 2. The number of ether oxygens (including phenoxy) is 2. The number of carbonyl (C=O) groups is 1. The highest BCUT2D eigenvalue weighted by atomic mass is 16.6. The fraction of sp³-hybridized carbons (Fsp3) is 0.303. The van der Waals surface area contributed by atoms with Gasteiger partial charge in [-0.2, -0.15) is 0 Å². The van der Waals surface area contributed by atoms with Crippen LogP contribution in [-0.2, 0) is 29.0 Å². The highest BCUT2D eigenvalue weighted by Crippen LogP contribution is 2.50. The van der Waals surface area contributed by atoms with Gasteiger partial charge in [-0.05, 0) is 69.5 Å². The van der Waals surface area contributed by atoms with Crippen molar-refractivity contribution in [1.29, 1.82) is 0 Å². The summed E-state index contributed by atoms with van der Waals surface area (Å²) in [5.74, 6) is -0.834. The zero-order chi connectivity index (χ0) is 31.1. The Morgan fingerprint density at radius 1 is 1.23 bits per heavy atom. The molecule has 0 aliphatic carbocycles. The van der Waals surface area contributed by atoms with Crippen LogP contribution >= 0.6 is 0 Å². The number of esters is 1. The Morgan fingerprint density at radius 2 is 2.00 bits per heavy atom. The van der Waals surface area contributed by atoms with Crippen LogP contribution in [0, 0.1) is 0 Å². The number of carbonyl (C=O) groups excluding carboxylic acids is 1. The number of anilines is 1. The van der Waals surface area contributed by atoms with Gasteiger partial charge in [-0.25, -0.2) is 9.78 Å². The lowest BCUT2D eigenvalue weighted by molar-refractivity contribution is -0.156. The van der Waals surface area contributed by atoms with E-state index in [0.29, 0.717) is 23.1 Å². The summed E-state index contributed by atoms with van der Waals surface area (Å²) in [6.45, 7) is 6.39. The number of hydrogen-bond acceptors (Lipinski definition) is 10. The summed E-state index contributed by atoms with van der Waals surface area (Å²) in [5.41, 5.74) is 7.14. The second-order valence-electron chi connectivity index (χ2n) is 11.2. The van der Waals surface area contributed by atoms with E-state index in [1.807, 2.05) is 6.07 Å². The maximum absolute atomic E-state index is 13.4. The zero-order valence-electron chi connectivity index (χ0n) is 24.4. The summed E-state index contributed by atoms with van der Waals surface area (Å²) < 4.78 is 18.5. The predicted molar refractivity (Wildman–Crippen MR) is 160 cm³/mol. The fourth-order valence-electron chi connectivity index (χ4n) is 5.45. The van der Waals surface area contributed by atoms with Gasteiger partial charge in [-0.3, -0.25) is 4.79 Å². The van der Waals surface area contributed by atoms with Gasteiger partial charge in [-0.1, -0.05) is 18.2 Å². The Kier molecular flexibility index (Phi) is 7.90. The molecule has 0 saturated carbocycles. The number of aromatic nitrogens is 1. The van der Waals surface area contributed by atoms with Crippen LogP contribution in [0.4, 0.5) is 5.82 Å². The van der Waals surface area contributed by atoms with Crippen LogP contribution in [0.5, 0.6) is 17.2 Å². The number of hydrogen-bond donors (Lipinski definition) is 4. The number of nitrogens with zero attached hydrogens (tertiary/aromatic N) is 1. The first-order valence-corrected chi connectivity index (χ1v) is 13.9. The average molecular weight is 587 g/mol. The first kappa shape index (κ1) is 29.7. The number of nitrogen functional groups attached to an aromatic ring is 1. The number of allylic oxidation sites excluding steroid dienone is 1. The van der Waals surface area contributed by atoms with Crippen molar-refractivity contribution in [3.63, 3.8) is 0 Å². The number of pyridine rings is 1. The van der Waals surface area contributed by atoms with Crippen molar-refractivity contribution < 1.29 is 34.0 Å². The van der Waals surface area contributed by atoms with E-state index in [1.165, 1.54) is 0 Å². The van der Waals surface area contributed by atoms with Gasteiger partial charge in [0.2, 0.25) is 0 Å². The van der Waals surface area contributed by atoms with Crippen LogP contribution in [-0.4, -0.2) is 38.0 Å². The molecule has 2 aromatic heterocycles. The van der Waals surface area contributed by atoms with Crippen molar-refractivity contribution in [2.24, 2.45) is 0 Å². The van der Waals surface area contributed by atoms with E-state index < -0.39 is 35.6 Å². The minimum absolute atomic E-state index is 0.00662. The maximum atomic E-state index is 13.4. The summed E-state index contributed by atoms with van der Waals surface area (Å²) in [4.78, 5) is 30.3. The summed E-state index contributed by atoms with van der Waals surface area (Å²) in [6.07, 6.45) is 2.77. The van der Waals surface area contributed by atoms with Gasteiger partial charge >= 0.3 is 5.97 Å². The van der Waals surface area contributed by atoms with Gasteiger partial charge in [0.25, 0.3) is 0 Å². The van der Waals surface area contributed by atoms with Gasteiger partial charge in [0.1, 0.15) is 58.1 Å². The van der Waals surface area contributed by atoms with Gasteiger partial charge in [0.15, 0.2) is 5.43 Å². The number of phenols is 2. The van der Waals surface area contributed by atoms with E-state index in [9.17, 15) is 24.9 Å². The first-order chi connectivity index (χ1) is 20.4. The van der Waals surface area contributed by atoms with Crippen molar-refractivity contribution in [3.05, 3.63) is 98.5 Å². The van der Waals surface area contributed by atoms with E-state index >= 15 is 0 Å². The minimum atomic E-state index is -1.06. The highest BCUT2D eigenvalue weighted by Gasteiger charge is 2.44. The SMILES string of the molecule is CC=C(C)C(=O)OC1Cc2c(c(C(Cc3cccc(O)c3)c3ccnc(N)c3)c3oc(CO)cc(=O)c3c2O)OC1(C)C. The molecule has 3 heterocycles. The smallest absolute Gasteiger partial charge is 0.333 e. The second-order valence-corrected chi connectivity index (χ2v) is 11.2. The quantitative estimate of drug-likeness (QED) is 0.177. The lowest BCUT2D eigenvalue weighted by Crippen LogP contribution is -2.49. The highest BCUT2D eigenvalue weighted by molar-refractivity contribution is 5.92. The van der Waals surface area contributed by atoms with Gasteiger partial charge in [0.05, 0.1) is 0 Å². The number of aliphatic hydroxyl groups excluding tert-OH is 1. The van der Waals surface area contributed by atoms with Crippen LogP contribution in [0.1, 0.15) is 61.6 Å². The van der Waals surface area contributed by atoms with Gasteiger partial charge in [0, 0.05) is 41.3 Å². The van der Waals surface area contributed by atoms with E-state index in [1.54, 1.807) is 70.3 Å². The molecule has 2 unspecified atom stereocenters. The molecule has 10 heteroatoms. The van der Waals surface area contributed by atoms with Crippen LogP contribution in [0.15, 0.2) is 69.5 Å². The predicted octanol–water partition coefficient (Wildman–Crippen LogP) is 4.64. The molecule has 10 nitrogen and oxygen atoms in total. The largest absolute Gasteiger partial charge is 0.508 e. The van der Waals surface area contributed by atoms with Crippen molar-refractivity contribution >= 4 is 22.8 Å². The first-order valence-electron chi connectivity index (χ1n) is 13.9. The molecule has 1 aliphatic rings. The molecule has 4 aromatic rings. The molecular formula is C33H34N2O8. The van der Waals surface area contributed by atoms with Crippen molar-refractivity contribution in [2.45, 2.75) is 64.8 Å². The number of benzene rings is 2. The Hall–Kier alpha value is -4.83. The van der Waals surface area contributed by atoms with E-state index in [2.05, 4.69) is 4.98 Å². The maximum Gasteiger partial charge on any atom is 0.333 e. The Morgan fingerprint density at radius 3 is 2.67 bits per heavy atom. The Balaban J connectivity index is 1.82. The van der Waals surface area contributed by atoms with Gasteiger partial charge in [-0.15, -0.1) is 0 Å². The molecule has 5 rings (SSSR count). The minimum Gasteiger partial charge on any atom is -0.508 e. The molecule has 2 atom stereocenters. The van der Waals surface area contributed by atoms with Gasteiger partial charge < -0.3 is 34.9 Å². The van der Waals surface area contributed by atoms with E-state index in [-0.39, 0.29) is 51.8 Å². The summed E-state index contributed by atoms with van der Waals surface area (Å²) in [6, 6.07) is 11.4. The fourth-order valence-corrected chi connectivity index (χ4v) is 5.45. The molecule has 0 spiro atoms. The number of nitrogens with two attached hydrogens (primary N) is 1. The zero-order valence-corrected chi connectivity index (χ0v) is 24.4. The average Bonchev–Trinajstić information content (AvgIpc) is 2.96. The molecule has 0 bridgehead atoms. The normalized spacial score (nSPS) is 16.8. The van der Waals surface area contributed by atoms with Crippen LogP contribution in [0.2, 0.25) is 0 Å². The Bertz CT molecular complexity index is 1810. The van der Waals surface area contributed by atoms with Crippen molar-refractivity contribution in [2.75, 3.05) is 5.73 Å². The van der Waals surface area contributed by atoms with Crippen LogP contribution < -0.4 is 15.9 Å². The lowest BCUT2D eigenvalue weighted by atomic mass is 9.80. The molecule has 1 aliphatic heterocycles. The summed E-state index contributed by atoms with van der Waals surface area (Å²) >= 11 is 0. The lowest BCUT2D eigenvalue weighted by Gasteiger charge is -2.41. The van der Waals surface area contributed by atoms with Crippen LogP contribution in [0.3, 0.4) is 0 Å². The number of fused-ring (bicyclic) bond motifs is 2. The summed E-state index contributed by atoms with van der Waals surface area (Å²) in [5, 5.41) is 31.6. The number of rotatable bonds is 7. The molecule has 43 heavy (non-hydrogen) atoms. The molecule has 0 saturated heterocycles. The molecule has 2 aromatic carbocycles. The summed E-state index contributed by atoms with van der Waals surface area (Å²) in [7, 11) is 0. The van der Waals surface area contributed by atoms with Crippen molar-refractivity contribution in [3.8, 4) is 17.2 Å².